The predicted molar refractivity (Wildman–Crippen MR) is 98.6 cm³/mol. The van der Waals surface area contributed by atoms with Crippen LogP contribution in [0.15, 0.2) is 18.2 Å². The van der Waals surface area contributed by atoms with Crippen LogP contribution in [0.5, 0.6) is 0 Å². The highest BCUT2D eigenvalue weighted by Gasteiger charge is 2.52. The molecular weight excluding hydrogens is 377 g/mol. The average molecular weight is 401 g/mol. The van der Waals surface area contributed by atoms with Gasteiger partial charge in [-0.1, -0.05) is 11.6 Å². The highest BCUT2D eigenvalue weighted by Crippen LogP contribution is 2.57. The minimum Gasteiger partial charge on any atom is -0.324 e. The first kappa shape index (κ1) is 19.1. The summed E-state index contributed by atoms with van der Waals surface area (Å²) in [6, 6.07) is 2.98. The highest BCUT2D eigenvalue weighted by atomic mass is 35.5. The van der Waals surface area contributed by atoms with E-state index in [1.165, 1.54) is 25.3 Å². The number of hydrogen-bond acceptors (Lipinski definition) is 2. The fourth-order valence-corrected chi connectivity index (χ4v) is 6.07. The molecule has 1 aromatic carbocycles. The summed E-state index contributed by atoms with van der Waals surface area (Å²) in [5.74, 6) is 1.97. The summed E-state index contributed by atoms with van der Waals surface area (Å²) in [4.78, 5) is 14.7. The molecular formula is C20H24ClF3N2O. The molecule has 0 atom stereocenters. The fraction of sp³-hybridized carbons (Fsp3) is 0.650. The number of carbonyl (C=O) groups is 1. The number of likely N-dealkylation sites (N-methyl/N-ethyl adjacent to an activating group) is 1. The Balaban J connectivity index is 1.44. The number of alkyl halides is 3. The molecule has 0 spiro atoms. The Morgan fingerprint density at radius 2 is 1.74 bits per heavy atom. The second-order valence-electron chi connectivity index (χ2n) is 8.74. The van der Waals surface area contributed by atoms with Gasteiger partial charge in [-0.3, -0.25) is 9.69 Å². The molecule has 5 rings (SSSR count). The predicted octanol–water partition coefficient (Wildman–Crippen LogP) is 5.20. The van der Waals surface area contributed by atoms with Crippen LogP contribution in [-0.4, -0.2) is 29.9 Å². The van der Waals surface area contributed by atoms with Crippen LogP contribution >= 0.6 is 11.6 Å². The molecule has 148 valence electrons. The van der Waals surface area contributed by atoms with Crippen LogP contribution in [0.25, 0.3) is 0 Å². The summed E-state index contributed by atoms with van der Waals surface area (Å²) in [5.41, 5.74) is -0.740. The first-order valence-electron chi connectivity index (χ1n) is 9.52. The third-order valence-corrected chi connectivity index (χ3v) is 7.09. The average Bonchev–Trinajstić information content (AvgIpc) is 2.54. The second-order valence-corrected chi connectivity index (χ2v) is 9.15. The van der Waals surface area contributed by atoms with Gasteiger partial charge in [0.1, 0.15) is 0 Å². The minimum atomic E-state index is -4.47. The zero-order chi connectivity index (χ0) is 19.4. The molecule has 1 amide bonds. The molecule has 3 nitrogen and oxygen atoms in total. The van der Waals surface area contributed by atoms with Gasteiger partial charge in [0.15, 0.2) is 0 Å². The molecule has 1 N–H and O–H groups in total. The highest BCUT2D eigenvalue weighted by molar-refractivity contribution is 6.33. The number of rotatable bonds is 4. The molecule has 4 fully saturated rings. The van der Waals surface area contributed by atoms with Gasteiger partial charge in [0.25, 0.3) is 0 Å². The Labute approximate surface area is 162 Å². The van der Waals surface area contributed by atoms with Crippen molar-refractivity contribution in [2.24, 2.45) is 17.8 Å². The minimum absolute atomic E-state index is 0.00963. The zero-order valence-corrected chi connectivity index (χ0v) is 16.0. The molecule has 0 unspecified atom stereocenters. The standard InChI is InChI=1S/C20H24ClF3N2O/c1-26(19-8-12-4-13(9-19)6-14(5-12)10-19)11-18(27)25-17-7-15(20(22,23)24)2-3-16(17)21/h2-3,7,12-14H,4-6,8-11H2,1H3,(H,25,27). The number of anilines is 1. The van der Waals surface area contributed by atoms with Gasteiger partial charge in [-0.25, -0.2) is 0 Å². The number of nitrogens with zero attached hydrogens (tertiary/aromatic N) is 1. The van der Waals surface area contributed by atoms with Crippen molar-refractivity contribution in [2.75, 3.05) is 18.9 Å². The van der Waals surface area contributed by atoms with Crippen LogP contribution in [-0.2, 0) is 11.0 Å². The van der Waals surface area contributed by atoms with Gasteiger partial charge < -0.3 is 5.32 Å². The van der Waals surface area contributed by atoms with Crippen molar-refractivity contribution in [3.63, 3.8) is 0 Å². The Morgan fingerprint density at radius 3 is 2.26 bits per heavy atom. The summed E-state index contributed by atoms with van der Waals surface area (Å²) >= 11 is 5.99. The summed E-state index contributed by atoms with van der Waals surface area (Å²) in [6.45, 7) is 0.165. The molecule has 7 heteroatoms. The summed E-state index contributed by atoms with van der Waals surface area (Å²) in [6.07, 6.45) is 2.88. The number of carbonyl (C=O) groups excluding carboxylic acids is 1. The van der Waals surface area contributed by atoms with E-state index in [1.807, 2.05) is 7.05 Å². The third kappa shape index (κ3) is 3.70. The van der Waals surface area contributed by atoms with Crippen molar-refractivity contribution in [3.8, 4) is 0 Å². The summed E-state index contributed by atoms with van der Waals surface area (Å²) in [5, 5.41) is 2.68. The maximum atomic E-state index is 12.9. The molecule has 0 aromatic heterocycles. The Morgan fingerprint density at radius 1 is 1.19 bits per heavy atom. The van der Waals surface area contributed by atoms with E-state index in [0.29, 0.717) is 0 Å². The van der Waals surface area contributed by atoms with Gasteiger partial charge in [-0.15, -0.1) is 0 Å². The summed E-state index contributed by atoms with van der Waals surface area (Å²) < 4.78 is 38.7. The van der Waals surface area contributed by atoms with Gasteiger partial charge in [-0.05, 0) is 81.5 Å². The molecule has 4 bridgehead atoms. The van der Waals surface area contributed by atoms with Crippen LogP contribution in [0.2, 0.25) is 5.02 Å². The van der Waals surface area contributed by atoms with E-state index in [-0.39, 0.29) is 28.7 Å². The first-order valence-corrected chi connectivity index (χ1v) is 9.90. The van der Waals surface area contributed by atoms with E-state index in [0.717, 1.165) is 49.1 Å². The molecule has 4 saturated carbocycles. The van der Waals surface area contributed by atoms with Crippen LogP contribution in [0.4, 0.5) is 18.9 Å². The molecule has 27 heavy (non-hydrogen) atoms. The van der Waals surface area contributed by atoms with Crippen molar-refractivity contribution in [2.45, 2.75) is 50.2 Å². The number of halogens is 4. The number of hydrogen-bond donors (Lipinski definition) is 1. The fourth-order valence-electron chi connectivity index (χ4n) is 5.90. The van der Waals surface area contributed by atoms with Crippen molar-refractivity contribution in [3.05, 3.63) is 28.8 Å². The lowest BCUT2D eigenvalue weighted by atomic mass is 9.52. The normalized spacial score (nSPS) is 32.1. The van der Waals surface area contributed by atoms with Gasteiger partial charge in [0.05, 0.1) is 22.8 Å². The van der Waals surface area contributed by atoms with Gasteiger partial charge in [0.2, 0.25) is 5.91 Å². The third-order valence-electron chi connectivity index (χ3n) is 6.76. The first-order chi connectivity index (χ1) is 12.6. The largest absolute Gasteiger partial charge is 0.416 e. The second kappa shape index (κ2) is 6.66. The topological polar surface area (TPSA) is 32.3 Å². The van der Waals surface area contributed by atoms with Crippen molar-refractivity contribution < 1.29 is 18.0 Å². The van der Waals surface area contributed by atoms with E-state index in [4.69, 9.17) is 11.6 Å². The lowest BCUT2D eigenvalue weighted by Crippen LogP contribution is -2.59. The smallest absolute Gasteiger partial charge is 0.324 e. The zero-order valence-electron chi connectivity index (χ0n) is 15.3. The van der Waals surface area contributed by atoms with E-state index >= 15 is 0 Å². The molecule has 0 radical (unpaired) electrons. The van der Waals surface area contributed by atoms with E-state index < -0.39 is 11.7 Å². The maximum Gasteiger partial charge on any atom is 0.416 e. The van der Waals surface area contributed by atoms with Crippen molar-refractivity contribution in [1.82, 2.24) is 4.90 Å². The number of amides is 1. The molecule has 4 aliphatic carbocycles. The van der Waals surface area contributed by atoms with Crippen LogP contribution in [0.3, 0.4) is 0 Å². The Bertz CT molecular complexity index is 714. The summed E-state index contributed by atoms with van der Waals surface area (Å²) in [7, 11) is 1.97. The lowest BCUT2D eigenvalue weighted by Gasteiger charge is -2.59. The quantitative estimate of drug-likeness (QED) is 0.753. The van der Waals surface area contributed by atoms with Crippen molar-refractivity contribution in [1.29, 1.82) is 0 Å². The molecule has 4 aliphatic rings. The lowest BCUT2D eigenvalue weighted by molar-refractivity contribution is -0.137. The van der Waals surface area contributed by atoms with Gasteiger partial charge in [0, 0.05) is 5.54 Å². The van der Waals surface area contributed by atoms with Gasteiger partial charge in [-0.2, -0.15) is 13.2 Å². The Hall–Kier alpha value is -1.27. The molecule has 0 saturated heterocycles. The van der Waals surface area contributed by atoms with Crippen LogP contribution < -0.4 is 5.32 Å². The van der Waals surface area contributed by atoms with Crippen molar-refractivity contribution >= 4 is 23.2 Å². The van der Waals surface area contributed by atoms with Crippen LogP contribution in [0, 0.1) is 17.8 Å². The number of nitrogens with one attached hydrogen (secondary N) is 1. The van der Waals surface area contributed by atoms with E-state index in [9.17, 15) is 18.0 Å². The van der Waals surface area contributed by atoms with E-state index in [2.05, 4.69) is 10.2 Å². The van der Waals surface area contributed by atoms with Crippen LogP contribution in [0.1, 0.15) is 44.1 Å². The SMILES string of the molecule is CN(CC(=O)Nc1cc(C(F)(F)F)ccc1Cl)C12CC3CC(CC(C3)C1)C2. The Kier molecular flexibility index (Phi) is 4.70. The van der Waals surface area contributed by atoms with E-state index in [1.54, 1.807) is 0 Å². The molecule has 1 aromatic rings. The monoisotopic (exact) mass is 400 g/mol. The molecule has 0 heterocycles. The maximum absolute atomic E-state index is 12.9. The van der Waals surface area contributed by atoms with Gasteiger partial charge >= 0.3 is 6.18 Å². The number of benzene rings is 1. The molecule has 0 aliphatic heterocycles.